The molecule has 0 aliphatic carbocycles. The summed E-state index contributed by atoms with van der Waals surface area (Å²) in [6, 6.07) is 9.65. The van der Waals surface area contributed by atoms with E-state index in [0.29, 0.717) is 18.7 Å². The van der Waals surface area contributed by atoms with Gasteiger partial charge in [-0.05, 0) is 38.6 Å². The second-order valence-electron chi connectivity index (χ2n) is 4.70. The lowest BCUT2D eigenvalue weighted by Crippen LogP contribution is -2.38. The molecule has 0 saturated heterocycles. The number of nitriles is 1. The molecular formula is C14H19N3O. The largest absolute Gasteiger partial charge is 0.353 e. The molecule has 0 saturated carbocycles. The molecular weight excluding hydrogens is 226 g/mol. The van der Waals surface area contributed by atoms with Crippen molar-refractivity contribution >= 4 is 5.91 Å². The van der Waals surface area contributed by atoms with Crippen molar-refractivity contribution in [3.05, 3.63) is 35.4 Å². The molecule has 0 aromatic heterocycles. The standard InChI is InChI=1S/C14H19N3O/c1-11(2)16-14(18)10-17(3)9-13-6-4-12(8-15)5-7-13/h4-7,11H,9-10H2,1-3H3,(H,16,18). The summed E-state index contributed by atoms with van der Waals surface area (Å²) in [4.78, 5) is 13.5. The van der Waals surface area contributed by atoms with Crippen molar-refractivity contribution in [2.45, 2.75) is 26.4 Å². The monoisotopic (exact) mass is 245 g/mol. The normalized spacial score (nSPS) is 10.4. The minimum Gasteiger partial charge on any atom is -0.353 e. The van der Waals surface area contributed by atoms with Crippen LogP contribution in [0.15, 0.2) is 24.3 Å². The van der Waals surface area contributed by atoms with Crippen LogP contribution < -0.4 is 5.32 Å². The Labute approximate surface area is 108 Å². The molecule has 0 spiro atoms. The van der Waals surface area contributed by atoms with Gasteiger partial charge in [-0.15, -0.1) is 0 Å². The molecule has 1 N–H and O–H groups in total. The third-order valence-corrected chi connectivity index (χ3v) is 2.40. The van der Waals surface area contributed by atoms with Crippen molar-refractivity contribution in [1.29, 1.82) is 5.26 Å². The van der Waals surface area contributed by atoms with Crippen LogP contribution in [0.25, 0.3) is 0 Å². The van der Waals surface area contributed by atoms with E-state index in [2.05, 4.69) is 11.4 Å². The average molecular weight is 245 g/mol. The molecule has 1 rings (SSSR count). The van der Waals surface area contributed by atoms with E-state index in [9.17, 15) is 4.79 Å². The molecule has 1 amide bonds. The molecule has 0 radical (unpaired) electrons. The highest BCUT2D eigenvalue weighted by atomic mass is 16.2. The quantitative estimate of drug-likeness (QED) is 0.855. The molecule has 0 bridgehead atoms. The third-order valence-electron chi connectivity index (χ3n) is 2.40. The van der Waals surface area contributed by atoms with E-state index < -0.39 is 0 Å². The van der Waals surface area contributed by atoms with Crippen molar-refractivity contribution in [3.63, 3.8) is 0 Å². The van der Waals surface area contributed by atoms with Crippen molar-refractivity contribution in [2.75, 3.05) is 13.6 Å². The number of hydrogen-bond acceptors (Lipinski definition) is 3. The molecule has 4 heteroatoms. The average Bonchev–Trinajstić information content (AvgIpc) is 2.28. The zero-order chi connectivity index (χ0) is 13.5. The minimum absolute atomic E-state index is 0.0288. The molecule has 1 aromatic rings. The molecule has 0 unspecified atom stereocenters. The number of carbonyl (C=O) groups is 1. The molecule has 0 fully saturated rings. The van der Waals surface area contributed by atoms with Crippen LogP contribution in [0.1, 0.15) is 25.0 Å². The maximum atomic E-state index is 11.6. The Morgan fingerprint density at radius 1 is 1.39 bits per heavy atom. The number of likely N-dealkylation sites (N-methyl/N-ethyl adjacent to an activating group) is 1. The highest BCUT2D eigenvalue weighted by molar-refractivity contribution is 5.78. The van der Waals surface area contributed by atoms with E-state index in [1.54, 1.807) is 12.1 Å². The van der Waals surface area contributed by atoms with Crippen molar-refractivity contribution in [3.8, 4) is 6.07 Å². The van der Waals surface area contributed by atoms with E-state index in [1.165, 1.54) is 0 Å². The Hall–Kier alpha value is -1.86. The van der Waals surface area contributed by atoms with Crippen molar-refractivity contribution < 1.29 is 4.79 Å². The van der Waals surface area contributed by atoms with Crippen LogP contribution in [0.2, 0.25) is 0 Å². The van der Waals surface area contributed by atoms with Crippen molar-refractivity contribution in [2.24, 2.45) is 0 Å². The van der Waals surface area contributed by atoms with Crippen molar-refractivity contribution in [1.82, 2.24) is 10.2 Å². The third kappa shape index (κ3) is 4.98. The molecule has 96 valence electrons. The molecule has 0 atom stereocenters. The van der Waals surface area contributed by atoms with Crippen LogP contribution >= 0.6 is 0 Å². The predicted octanol–water partition coefficient (Wildman–Crippen LogP) is 1.51. The second-order valence-corrected chi connectivity index (χ2v) is 4.70. The summed E-state index contributed by atoms with van der Waals surface area (Å²) in [6.07, 6.45) is 0. The summed E-state index contributed by atoms with van der Waals surface area (Å²) >= 11 is 0. The van der Waals surface area contributed by atoms with Gasteiger partial charge < -0.3 is 5.32 Å². The SMILES string of the molecule is CC(C)NC(=O)CN(C)Cc1ccc(C#N)cc1. The van der Waals surface area contributed by atoms with Gasteiger partial charge in [0.05, 0.1) is 18.2 Å². The summed E-state index contributed by atoms with van der Waals surface area (Å²) in [7, 11) is 1.90. The number of nitrogens with one attached hydrogen (secondary N) is 1. The Morgan fingerprint density at radius 2 is 2.00 bits per heavy atom. The Kier molecular flexibility index (Phi) is 5.34. The molecule has 1 aromatic carbocycles. The predicted molar refractivity (Wildman–Crippen MR) is 70.8 cm³/mol. The lowest BCUT2D eigenvalue weighted by Gasteiger charge is -2.17. The fourth-order valence-electron chi connectivity index (χ4n) is 1.67. The first-order chi connectivity index (χ1) is 8.51. The molecule has 0 aliphatic rings. The van der Waals surface area contributed by atoms with Gasteiger partial charge in [-0.2, -0.15) is 5.26 Å². The van der Waals surface area contributed by atoms with Gasteiger partial charge in [-0.3, -0.25) is 9.69 Å². The van der Waals surface area contributed by atoms with Gasteiger partial charge in [0.15, 0.2) is 0 Å². The lowest BCUT2D eigenvalue weighted by molar-refractivity contribution is -0.122. The van der Waals surface area contributed by atoms with Gasteiger partial charge in [0, 0.05) is 12.6 Å². The van der Waals surface area contributed by atoms with Gasteiger partial charge in [-0.1, -0.05) is 12.1 Å². The van der Waals surface area contributed by atoms with Crippen LogP contribution in [0.5, 0.6) is 0 Å². The van der Waals surface area contributed by atoms with Gasteiger partial charge >= 0.3 is 0 Å². The number of hydrogen-bond donors (Lipinski definition) is 1. The van der Waals surface area contributed by atoms with Crippen LogP contribution in [0.3, 0.4) is 0 Å². The molecule has 0 heterocycles. The van der Waals surface area contributed by atoms with E-state index >= 15 is 0 Å². The maximum absolute atomic E-state index is 11.6. The van der Waals surface area contributed by atoms with E-state index in [4.69, 9.17) is 5.26 Å². The van der Waals surface area contributed by atoms with Gasteiger partial charge in [0.25, 0.3) is 0 Å². The van der Waals surface area contributed by atoms with Crippen LogP contribution in [-0.2, 0) is 11.3 Å². The minimum atomic E-state index is 0.0288. The second kappa shape index (κ2) is 6.77. The smallest absolute Gasteiger partial charge is 0.234 e. The number of rotatable bonds is 5. The van der Waals surface area contributed by atoms with E-state index in [-0.39, 0.29) is 11.9 Å². The summed E-state index contributed by atoms with van der Waals surface area (Å²) in [5.41, 5.74) is 1.74. The number of nitrogens with zero attached hydrogens (tertiary/aromatic N) is 2. The first-order valence-corrected chi connectivity index (χ1v) is 5.98. The lowest BCUT2D eigenvalue weighted by atomic mass is 10.1. The Balaban J connectivity index is 2.46. The molecule has 0 aliphatic heterocycles. The van der Waals surface area contributed by atoms with Crippen LogP contribution in [-0.4, -0.2) is 30.4 Å². The summed E-state index contributed by atoms with van der Waals surface area (Å²) in [5, 5.41) is 11.6. The summed E-state index contributed by atoms with van der Waals surface area (Å²) < 4.78 is 0. The molecule has 18 heavy (non-hydrogen) atoms. The highest BCUT2D eigenvalue weighted by Gasteiger charge is 2.07. The van der Waals surface area contributed by atoms with E-state index in [1.807, 2.05) is 37.9 Å². The fraction of sp³-hybridized carbons (Fsp3) is 0.429. The first kappa shape index (κ1) is 14.2. The zero-order valence-corrected chi connectivity index (χ0v) is 11.1. The van der Waals surface area contributed by atoms with Gasteiger partial charge in [0.1, 0.15) is 0 Å². The van der Waals surface area contributed by atoms with Gasteiger partial charge in [0.2, 0.25) is 5.91 Å². The highest BCUT2D eigenvalue weighted by Crippen LogP contribution is 2.05. The topological polar surface area (TPSA) is 56.1 Å². The summed E-state index contributed by atoms with van der Waals surface area (Å²) in [6.45, 7) is 4.95. The Morgan fingerprint density at radius 3 is 2.50 bits per heavy atom. The fourth-order valence-corrected chi connectivity index (χ4v) is 1.67. The Bertz CT molecular complexity index is 431. The van der Waals surface area contributed by atoms with E-state index in [0.717, 1.165) is 5.56 Å². The van der Waals surface area contributed by atoms with Gasteiger partial charge in [-0.25, -0.2) is 0 Å². The number of benzene rings is 1. The number of amides is 1. The van der Waals surface area contributed by atoms with Crippen LogP contribution in [0.4, 0.5) is 0 Å². The number of carbonyl (C=O) groups excluding carboxylic acids is 1. The zero-order valence-electron chi connectivity index (χ0n) is 11.1. The summed E-state index contributed by atoms with van der Waals surface area (Å²) in [5.74, 6) is 0.0288. The molecule has 4 nitrogen and oxygen atoms in total. The maximum Gasteiger partial charge on any atom is 0.234 e. The first-order valence-electron chi connectivity index (χ1n) is 5.98. The van der Waals surface area contributed by atoms with Crippen LogP contribution in [0, 0.1) is 11.3 Å².